The molecule has 0 aliphatic carbocycles. The van der Waals surface area contributed by atoms with Crippen LogP contribution < -0.4 is 9.64 Å². The standard InChI is InChI=1S/C23H19NO3/c1-27-19-14-12-18(13-15-19)24-21(17-10-6-3-7-11-17)20(22(25)23(24)26)16-8-4-2-5-9-16/h2-15,21,25H,1H3. The molecular weight excluding hydrogens is 338 g/mol. The van der Waals surface area contributed by atoms with Gasteiger partial charge in [-0.1, -0.05) is 60.7 Å². The van der Waals surface area contributed by atoms with E-state index in [-0.39, 0.29) is 5.76 Å². The number of aliphatic hydroxyl groups excluding tert-OH is 1. The molecule has 27 heavy (non-hydrogen) atoms. The number of anilines is 1. The van der Waals surface area contributed by atoms with Crippen molar-refractivity contribution in [3.05, 3.63) is 102 Å². The molecule has 0 fully saturated rings. The lowest BCUT2D eigenvalue weighted by Crippen LogP contribution is -2.30. The summed E-state index contributed by atoms with van der Waals surface area (Å²) in [6.45, 7) is 0. The van der Waals surface area contributed by atoms with E-state index in [1.54, 1.807) is 12.0 Å². The zero-order chi connectivity index (χ0) is 18.8. The Bertz CT molecular complexity index is 979. The summed E-state index contributed by atoms with van der Waals surface area (Å²) in [5, 5.41) is 10.7. The first kappa shape index (κ1) is 16.9. The number of carbonyl (C=O) groups excluding carboxylic acids is 1. The van der Waals surface area contributed by atoms with E-state index in [4.69, 9.17) is 4.74 Å². The summed E-state index contributed by atoms with van der Waals surface area (Å²) in [6.07, 6.45) is 0. The number of amides is 1. The molecule has 4 heteroatoms. The number of hydrogen-bond acceptors (Lipinski definition) is 3. The average molecular weight is 357 g/mol. The second kappa shape index (κ2) is 7.00. The fourth-order valence-electron chi connectivity index (χ4n) is 3.48. The Morgan fingerprint density at radius 2 is 1.44 bits per heavy atom. The van der Waals surface area contributed by atoms with E-state index < -0.39 is 11.9 Å². The number of rotatable bonds is 4. The van der Waals surface area contributed by atoms with Gasteiger partial charge in [0.25, 0.3) is 5.91 Å². The Morgan fingerprint density at radius 3 is 2.04 bits per heavy atom. The Kier molecular flexibility index (Phi) is 4.38. The molecule has 4 rings (SSSR count). The zero-order valence-electron chi connectivity index (χ0n) is 14.9. The Morgan fingerprint density at radius 1 is 0.852 bits per heavy atom. The third-order valence-electron chi connectivity index (χ3n) is 4.76. The molecule has 0 bridgehead atoms. The lowest BCUT2D eigenvalue weighted by Gasteiger charge is -2.27. The van der Waals surface area contributed by atoms with Crippen LogP contribution in [-0.4, -0.2) is 18.1 Å². The largest absolute Gasteiger partial charge is 0.503 e. The Labute approximate surface area is 158 Å². The minimum Gasteiger partial charge on any atom is -0.503 e. The topological polar surface area (TPSA) is 49.8 Å². The molecule has 0 spiro atoms. The monoisotopic (exact) mass is 357 g/mol. The van der Waals surface area contributed by atoms with Gasteiger partial charge in [0.2, 0.25) is 0 Å². The third kappa shape index (κ3) is 2.95. The highest BCUT2D eigenvalue weighted by atomic mass is 16.5. The molecule has 1 aliphatic rings. The number of aliphatic hydroxyl groups is 1. The first-order valence-corrected chi connectivity index (χ1v) is 8.72. The van der Waals surface area contributed by atoms with Crippen LogP contribution in [-0.2, 0) is 4.79 Å². The first-order chi connectivity index (χ1) is 13.2. The van der Waals surface area contributed by atoms with Crippen molar-refractivity contribution >= 4 is 17.2 Å². The highest BCUT2D eigenvalue weighted by molar-refractivity contribution is 6.15. The number of nitrogens with zero attached hydrogens (tertiary/aromatic N) is 1. The molecule has 4 nitrogen and oxygen atoms in total. The van der Waals surface area contributed by atoms with E-state index in [0.717, 1.165) is 11.1 Å². The first-order valence-electron chi connectivity index (χ1n) is 8.72. The molecule has 3 aromatic rings. The quantitative estimate of drug-likeness (QED) is 0.733. The SMILES string of the molecule is COc1ccc(N2C(=O)C(O)=C(c3ccccc3)C2c2ccccc2)cc1. The van der Waals surface area contributed by atoms with Crippen molar-refractivity contribution in [1.82, 2.24) is 0 Å². The van der Waals surface area contributed by atoms with E-state index in [1.807, 2.05) is 84.9 Å². The lowest BCUT2D eigenvalue weighted by atomic mass is 9.93. The van der Waals surface area contributed by atoms with E-state index in [2.05, 4.69) is 0 Å². The minimum atomic E-state index is -0.409. The summed E-state index contributed by atoms with van der Waals surface area (Å²) < 4.78 is 5.22. The van der Waals surface area contributed by atoms with Gasteiger partial charge in [-0.2, -0.15) is 0 Å². The summed E-state index contributed by atoms with van der Waals surface area (Å²) in [6, 6.07) is 26.1. The lowest BCUT2D eigenvalue weighted by molar-refractivity contribution is -0.117. The van der Waals surface area contributed by atoms with Crippen molar-refractivity contribution in [2.75, 3.05) is 12.0 Å². The van der Waals surface area contributed by atoms with E-state index in [1.165, 1.54) is 0 Å². The van der Waals surface area contributed by atoms with Gasteiger partial charge in [-0.3, -0.25) is 9.69 Å². The Balaban J connectivity index is 1.87. The van der Waals surface area contributed by atoms with Crippen LogP contribution in [0.2, 0.25) is 0 Å². The molecule has 0 radical (unpaired) electrons. The van der Waals surface area contributed by atoms with Crippen molar-refractivity contribution in [2.45, 2.75) is 6.04 Å². The molecule has 1 unspecified atom stereocenters. The minimum absolute atomic E-state index is 0.217. The van der Waals surface area contributed by atoms with Crippen LogP contribution in [0, 0.1) is 0 Å². The summed E-state index contributed by atoms with van der Waals surface area (Å²) in [4.78, 5) is 14.6. The van der Waals surface area contributed by atoms with Crippen molar-refractivity contribution in [1.29, 1.82) is 0 Å². The maximum absolute atomic E-state index is 13.0. The summed E-state index contributed by atoms with van der Waals surface area (Å²) >= 11 is 0. The van der Waals surface area contributed by atoms with Gasteiger partial charge in [0.1, 0.15) is 5.75 Å². The number of hydrogen-bond donors (Lipinski definition) is 1. The smallest absolute Gasteiger partial charge is 0.294 e. The van der Waals surface area contributed by atoms with E-state index >= 15 is 0 Å². The number of ether oxygens (including phenoxy) is 1. The summed E-state index contributed by atoms with van der Waals surface area (Å²) in [5.41, 5.74) is 3.08. The molecule has 1 heterocycles. The van der Waals surface area contributed by atoms with Crippen LogP contribution in [0.4, 0.5) is 5.69 Å². The molecule has 1 atom stereocenters. The summed E-state index contributed by atoms with van der Waals surface area (Å²) in [5.74, 6) is 0.0841. The predicted octanol–water partition coefficient (Wildman–Crippen LogP) is 4.75. The van der Waals surface area contributed by atoms with Gasteiger partial charge in [0, 0.05) is 11.3 Å². The van der Waals surface area contributed by atoms with Gasteiger partial charge in [-0.05, 0) is 35.4 Å². The summed E-state index contributed by atoms with van der Waals surface area (Å²) in [7, 11) is 1.60. The second-order valence-electron chi connectivity index (χ2n) is 6.31. The molecule has 0 saturated carbocycles. The van der Waals surface area contributed by atoms with E-state index in [0.29, 0.717) is 17.0 Å². The maximum Gasteiger partial charge on any atom is 0.294 e. The van der Waals surface area contributed by atoms with Crippen molar-refractivity contribution < 1.29 is 14.6 Å². The molecular formula is C23H19NO3. The van der Waals surface area contributed by atoms with Crippen molar-refractivity contribution in [3.8, 4) is 5.75 Å². The Hall–Kier alpha value is -3.53. The molecule has 1 amide bonds. The second-order valence-corrected chi connectivity index (χ2v) is 6.31. The fourth-order valence-corrected chi connectivity index (χ4v) is 3.48. The predicted molar refractivity (Wildman–Crippen MR) is 106 cm³/mol. The molecule has 1 aliphatic heterocycles. The number of carbonyl (C=O) groups is 1. The van der Waals surface area contributed by atoms with Crippen LogP contribution in [0.3, 0.4) is 0 Å². The third-order valence-corrected chi connectivity index (χ3v) is 4.76. The van der Waals surface area contributed by atoms with Crippen LogP contribution in [0.1, 0.15) is 17.2 Å². The highest BCUT2D eigenvalue weighted by Crippen LogP contribution is 2.45. The molecule has 134 valence electrons. The maximum atomic E-state index is 13.0. The number of methoxy groups -OCH3 is 1. The van der Waals surface area contributed by atoms with Gasteiger partial charge < -0.3 is 9.84 Å². The molecule has 1 N–H and O–H groups in total. The highest BCUT2D eigenvalue weighted by Gasteiger charge is 2.41. The van der Waals surface area contributed by atoms with Gasteiger partial charge in [-0.25, -0.2) is 0 Å². The normalized spacial score (nSPS) is 16.7. The van der Waals surface area contributed by atoms with Gasteiger partial charge in [0.15, 0.2) is 5.76 Å². The number of benzene rings is 3. The van der Waals surface area contributed by atoms with Crippen LogP contribution in [0.5, 0.6) is 5.75 Å². The van der Waals surface area contributed by atoms with Crippen LogP contribution in [0.15, 0.2) is 90.7 Å². The van der Waals surface area contributed by atoms with Crippen molar-refractivity contribution in [3.63, 3.8) is 0 Å². The average Bonchev–Trinajstić information content (AvgIpc) is 3.00. The zero-order valence-corrected chi connectivity index (χ0v) is 14.9. The molecule has 0 aromatic heterocycles. The van der Waals surface area contributed by atoms with E-state index in [9.17, 15) is 9.90 Å². The molecule has 3 aromatic carbocycles. The fraction of sp³-hybridized carbons (Fsp3) is 0.0870. The van der Waals surface area contributed by atoms with Gasteiger partial charge >= 0.3 is 0 Å². The van der Waals surface area contributed by atoms with Crippen molar-refractivity contribution in [2.24, 2.45) is 0 Å². The van der Waals surface area contributed by atoms with Crippen LogP contribution in [0.25, 0.3) is 5.57 Å². The molecule has 0 saturated heterocycles. The van der Waals surface area contributed by atoms with Gasteiger partial charge in [0.05, 0.1) is 13.2 Å². The van der Waals surface area contributed by atoms with Crippen LogP contribution >= 0.6 is 0 Å². The van der Waals surface area contributed by atoms with Gasteiger partial charge in [-0.15, -0.1) is 0 Å².